The van der Waals surface area contributed by atoms with Crippen molar-refractivity contribution in [2.45, 2.75) is 64.5 Å². The lowest BCUT2D eigenvalue weighted by atomic mass is 10.0. The third-order valence-corrected chi connectivity index (χ3v) is 6.00. The highest BCUT2D eigenvalue weighted by atomic mass is 32.2. The number of nitrogens with two attached hydrogens (primary N) is 1. The Morgan fingerprint density at radius 3 is 2.18 bits per heavy atom. The van der Waals surface area contributed by atoms with Crippen molar-refractivity contribution in [2.24, 2.45) is 11.7 Å². The van der Waals surface area contributed by atoms with Crippen molar-refractivity contribution in [3.8, 4) is 5.75 Å². The van der Waals surface area contributed by atoms with Gasteiger partial charge in [0.15, 0.2) is 21.5 Å². The predicted molar refractivity (Wildman–Crippen MR) is 132 cm³/mol. The first kappa shape index (κ1) is 31.5. The number of rotatable bonds is 9. The lowest BCUT2D eigenvalue weighted by Crippen LogP contribution is -2.27. The van der Waals surface area contributed by atoms with E-state index in [-0.39, 0.29) is 34.9 Å². The molecule has 0 heterocycles. The summed E-state index contributed by atoms with van der Waals surface area (Å²) >= 11 is 0. The molecule has 0 fully saturated rings. The minimum absolute atomic E-state index is 0.0904. The number of carbonyl (C=O) groups is 1. The highest BCUT2D eigenvalue weighted by Crippen LogP contribution is 2.18. The van der Waals surface area contributed by atoms with Crippen LogP contribution in [0, 0.1) is 17.6 Å². The molecular weight excluding hydrogens is 462 g/mol. The van der Waals surface area contributed by atoms with Gasteiger partial charge in [0.25, 0.3) is 0 Å². The van der Waals surface area contributed by atoms with E-state index in [1.165, 1.54) is 36.4 Å². The van der Waals surface area contributed by atoms with Gasteiger partial charge in [-0.3, -0.25) is 4.79 Å². The van der Waals surface area contributed by atoms with Crippen LogP contribution in [-0.4, -0.2) is 33.7 Å². The number of amides is 1. The molecule has 0 aliphatic carbocycles. The van der Waals surface area contributed by atoms with Gasteiger partial charge in [0.1, 0.15) is 12.4 Å². The zero-order chi connectivity index (χ0) is 26.3. The third-order valence-electron chi connectivity index (χ3n) is 4.87. The molecule has 0 aliphatic heterocycles. The minimum Gasteiger partial charge on any atom is -0.489 e. The van der Waals surface area contributed by atoms with Gasteiger partial charge >= 0.3 is 0 Å². The second-order valence-electron chi connectivity index (χ2n) is 7.51. The van der Waals surface area contributed by atoms with Gasteiger partial charge in [0.05, 0.1) is 4.90 Å². The molecule has 2 aromatic rings. The predicted octanol–water partition coefficient (Wildman–Crippen LogP) is 4.86. The summed E-state index contributed by atoms with van der Waals surface area (Å²) < 4.78 is 54.2. The van der Waals surface area contributed by atoms with E-state index < -0.39 is 21.5 Å². The molecule has 0 radical (unpaired) electrons. The van der Waals surface area contributed by atoms with Gasteiger partial charge < -0.3 is 15.8 Å². The van der Waals surface area contributed by atoms with Crippen LogP contribution in [-0.2, 0) is 21.2 Å². The van der Waals surface area contributed by atoms with Crippen molar-refractivity contribution in [1.82, 2.24) is 5.32 Å². The van der Waals surface area contributed by atoms with Crippen molar-refractivity contribution in [3.63, 3.8) is 0 Å². The average Bonchev–Trinajstić information content (AvgIpc) is 2.84. The summed E-state index contributed by atoms with van der Waals surface area (Å²) in [5.74, 6) is -1.30. The number of hydrogen-bond acceptors (Lipinski definition) is 5. The highest BCUT2D eigenvalue weighted by Gasteiger charge is 2.12. The number of hydrogen-bond donors (Lipinski definition) is 2. The van der Waals surface area contributed by atoms with E-state index >= 15 is 0 Å². The third kappa shape index (κ3) is 11.6. The molecule has 6 nitrogen and oxygen atoms in total. The normalized spacial score (nSPS) is 12.3. The number of benzene rings is 2. The van der Waals surface area contributed by atoms with Gasteiger partial charge in [-0.05, 0) is 49.6 Å². The number of sulfone groups is 1. The van der Waals surface area contributed by atoms with Crippen LogP contribution in [0.4, 0.5) is 8.78 Å². The van der Waals surface area contributed by atoms with E-state index in [0.29, 0.717) is 5.75 Å². The molecule has 0 bridgehead atoms. The summed E-state index contributed by atoms with van der Waals surface area (Å²) in [4.78, 5) is 11.2. The van der Waals surface area contributed by atoms with Gasteiger partial charge in [0, 0.05) is 30.8 Å². The maximum atomic E-state index is 13.4. The van der Waals surface area contributed by atoms with E-state index in [1.54, 1.807) is 7.05 Å². The first-order valence-corrected chi connectivity index (χ1v) is 13.2. The molecule has 3 N–H and O–H groups in total. The van der Waals surface area contributed by atoms with Gasteiger partial charge in [-0.15, -0.1) is 0 Å². The molecule has 1 amide bonds. The second-order valence-corrected chi connectivity index (χ2v) is 9.52. The average molecular weight is 501 g/mol. The Balaban J connectivity index is 0.000000670. The van der Waals surface area contributed by atoms with Crippen LogP contribution in [0.5, 0.6) is 5.75 Å². The van der Waals surface area contributed by atoms with Crippen LogP contribution in [0.25, 0.3) is 0 Å². The van der Waals surface area contributed by atoms with Crippen LogP contribution < -0.4 is 15.8 Å². The quantitative estimate of drug-likeness (QED) is 0.512. The summed E-state index contributed by atoms with van der Waals surface area (Å²) in [7, 11) is -1.60. The van der Waals surface area contributed by atoms with Crippen molar-refractivity contribution in [3.05, 3.63) is 59.7 Å². The largest absolute Gasteiger partial charge is 0.489 e. The fraction of sp³-hybridized carbons (Fsp3) is 0.480. The van der Waals surface area contributed by atoms with Crippen molar-refractivity contribution in [1.29, 1.82) is 0 Å². The number of nitrogens with one attached hydrogen (secondary N) is 1. The van der Waals surface area contributed by atoms with Crippen molar-refractivity contribution >= 4 is 15.7 Å². The molecule has 192 valence electrons. The topological polar surface area (TPSA) is 98.5 Å². The van der Waals surface area contributed by atoms with E-state index in [2.05, 4.69) is 12.2 Å². The standard InChI is InChI=1S/C14H12F2O3S.C9H20N2O.C2H6/c1-20(17,18)12-7-5-11(6-8-12)19-9-10-3-2-4-13(15)14(10)16;1-4-8(10)6-5-7(2)9(12)11-3;1-2/h2-8H,9H2,1H3;7-8H,4-6,10H2,1-3H3,(H,11,12);1-2H3/t;7-,8+;/m.1./s1. The molecule has 2 aromatic carbocycles. The molecular formula is C25H38F2N2O4S. The zero-order valence-electron chi connectivity index (χ0n) is 20.9. The Morgan fingerprint density at radius 2 is 1.68 bits per heavy atom. The van der Waals surface area contributed by atoms with Gasteiger partial charge in [0.2, 0.25) is 5.91 Å². The Kier molecular flexibility index (Phi) is 15.0. The number of halogens is 2. The van der Waals surface area contributed by atoms with Gasteiger partial charge in [-0.1, -0.05) is 39.8 Å². The minimum atomic E-state index is -3.26. The van der Waals surface area contributed by atoms with E-state index in [1.807, 2.05) is 20.8 Å². The maximum Gasteiger partial charge on any atom is 0.222 e. The van der Waals surface area contributed by atoms with Crippen LogP contribution in [0.1, 0.15) is 52.5 Å². The van der Waals surface area contributed by atoms with E-state index in [4.69, 9.17) is 10.5 Å². The molecule has 2 rings (SSSR count). The molecule has 2 atom stereocenters. The monoisotopic (exact) mass is 500 g/mol. The summed E-state index contributed by atoms with van der Waals surface area (Å²) in [6.07, 6.45) is 3.91. The fourth-order valence-electron chi connectivity index (χ4n) is 2.65. The van der Waals surface area contributed by atoms with Crippen molar-refractivity contribution < 1.29 is 26.7 Å². The highest BCUT2D eigenvalue weighted by molar-refractivity contribution is 7.90. The fourth-order valence-corrected chi connectivity index (χ4v) is 3.28. The first-order chi connectivity index (χ1) is 16.0. The molecule has 0 aliphatic rings. The second kappa shape index (κ2) is 16.2. The lowest BCUT2D eigenvalue weighted by molar-refractivity contribution is -0.124. The Morgan fingerprint density at radius 1 is 1.09 bits per heavy atom. The van der Waals surface area contributed by atoms with Crippen LogP contribution in [0.2, 0.25) is 0 Å². The van der Waals surface area contributed by atoms with Crippen molar-refractivity contribution in [2.75, 3.05) is 13.3 Å². The summed E-state index contributed by atoms with van der Waals surface area (Å²) in [5, 5.41) is 2.63. The first-order valence-electron chi connectivity index (χ1n) is 11.3. The maximum absolute atomic E-state index is 13.4. The van der Waals surface area contributed by atoms with E-state index in [0.717, 1.165) is 31.6 Å². The molecule has 9 heteroatoms. The lowest BCUT2D eigenvalue weighted by Gasteiger charge is -2.12. The summed E-state index contributed by atoms with van der Waals surface area (Å²) in [6.45, 7) is 7.86. The van der Waals surface area contributed by atoms with Crippen LogP contribution in [0.3, 0.4) is 0 Å². The summed E-state index contributed by atoms with van der Waals surface area (Å²) in [5.41, 5.74) is 5.83. The number of carbonyl (C=O) groups excluding carboxylic acids is 1. The molecule has 0 saturated carbocycles. The Labute approximate surface area is 202 Å². The van der Waals surface area contributed by atoms with Crippen LogP contribution >= 0.6 is 0 Å². The smallest absolute Gasteiger partial charge is 0.222 e. The Hall–Kier alpha value is -2.52. The van der Waals surface area contributed by atoms with E-state index in [9.17, 15) is 22.0 Å². The van der Waals surface area contributed by atoms with Crippen LogP contribution in [0.15, 0.2) is 47.4 Å². The molecule has 0 saturated heterocycles. The molecule has 0 unspecified atom stereocenters. The summed E-state index contributed by atoms with van der Waals surface area (Å²) in [6, 6.07) is 9.81. The molecule has 0 spiro atoms. The Bertz CT molecular complexity index is 967. The zero-order valence-corrected chi connectivity index (χ0v) is 21.7. The van der Waals surface area contributed by atoms with Gasteiger partial charge in [-0.25, -0.2) is 17.2 Å². The molecule has 34 heavy (non-hydrogen) atoms. The number of ether oxygens (including phenoxy) is 1. The van der Waals surface area contributed by atoms with Gasteiger partial charge in [-0.2, -0.15) is 0 Å². The SMILES string of the molecule is CC.CC[C@H](N)CC[C@@H](C)C(=O)NC.CS(=O)(=O)c1ccc(OCc2cccc(F)c2F)cc1. The molecule has 0 aromatic heterocycles.